The topological polar surface area (TPSA) is 374 Å². The first-order valence-corrected chi connectivity index (χ1v) is 39.7. The number of phosphoric ester groups is 1. The fraction of sp³-hybridized carbons (Fsp3) is 0.958. The van der Waals surface area contributed by atoms with Gasteiger partial charge in [0.15, 0.2) is 18.7 Å². The number of carbonyl (C=O) groups excluding carboxylic acids is 3. The second-order valence-electron chi connectivity index (χ2n) is 28.0. The minimum atomic E-state index is -5.69. The highest BCUT2D eigenvalue weighted by molar-refractivity contribution is 7.47. The van der Waals surface area contributed by atoms with Crippen molar-refractivity contribution in [3.05, 3.63) is 0 Å². The molecular weight excluding hydrogens is 1280 g/mol. The zero-order valence-corrected chi connectivity index (χ0v) is 60.7. The standard InChI is InChI=1S/C72H135O24P/c1-5-8-11-14-17-19-21-22-23-24-26-27-29-35-40-45-56(74)88-49-53(91-58(76)47-42-37-30-28-25-20-18-15-12-9-6-2)50-90-97(86,87)96-70-68(94-71-66(84)61(79)59(77)54(48-73)92-71)64(82)63(81)65(83)69(70)95-72-67(85)62(80)60(78)55(93-72)51-89-57(75)46-41-36-32-31-34-39-44-52(4)43-38-33-16-13-10-7-3/h52-55,59-73,77-85H,5-51H2,1-4H3,(H,86,87). The van der Waals surface area contributed by atoms with Crippen molar-refractivity contribution in [2.24, 2.45) is 5.92 Å². The minimum Gasteiger partial charge on any atom is -0.463 e. The Morgan fingerprint density at radius 2 is 0.722 bits per heavy atom. The highest BCUT2D eigenvalue weighted by atomic mass is 31.2. The highest BCUT2D eigenvalue weighted by Crippen LogP contribution is 2.49. The van der Waals surface area contributed by atoms with Crippen molar-refractivity contribution in [1.29, 1.82) is 0 Å². The van der Waals surface area contributed by atoms with Crippen molar-refractivity contribution < 1.29 is 117 Å². The lowest BCUT2D eigenvalue weighted by molar-refractivity contribution is -0.360. The molecule has 0 aromatic heterocycles. The number of carbonyl (C=O) groups is 3. The number of ether oxygens (including phenoxy) is 7. The molecule has 2 aliphatic heterocycles. The van der Waals surface area contributed by atoms with E-state index in [2.05, 4.69) is 27.7 Å². The van der Waals surface area contributed by atoms with Crippen LogP contribution in [0.5, 0.6) is 0 Å². The van der Waals surface area contributed by atoms with Gasteiger partial charge >= 0.3 is 25.7 Å². The summed E-state index contributed by atoms with van der Waals surface area (Å²) >= 11 is 0. The molecule has 3 rings (SSSR count). The predicted molar refractivity (Wildman–Crippen MR) is 365 cm³/mol. The summed E-state index contributed by atoms with van der Waals surface area (Å²) in [5, 5.41) is 110. The van der Waals surface area contributed by atoms with E-state index in [0.29, 0.717) is 25.2 Å². The lowest BCUT2D eigenvalue weighted by atomic mass is 9.84. The zero-order valence-electron chi connectivity index (χ0n) is 59.8. The first-order valence-electron chi connectivity index (χ1n) is 38.2. The second kappa shape index (κ2) is 53.7. The van der Waals surface area contributed by atoms with E-state index >= 15 is 0 Å². The average molecular weight is 1420 g/mol. The molecule has 1 aliphatic carbocycles. The summed E-state index contributed by atoms with van der Waals surface area (Å²) in [6.45, 7) is 5.77. The number of rotatable bonds is 59. The summed E-state index contributed by atoms with van der Waals surface area (Å²) in [5.74, 6) is -1.28. The Morgan fingerprint density at radius 3 is 1.11 bits per heavy atom. The van der Waals surface area contributed by atoms with E-state index in [1.54, 1.807) is 0 Å². The molecule has 0 amide bonds. The maximum absolute atomic E-state index is 14.3. The first-order chi connectivity index (χ1) is 46.7. The van der Waals surface area contributed by atoms with Gasteiger partial charge in [-0.2, -0.15) is 0 Å². The quantitative estimate of drug-likeness (QED) is 0.0117. The zero-order chi connectivity index (χ0) is 71.2. The van der Waals surface area contributed by atoms with E-state index in [1.807, 2.05) is 0 Å². The normalized spacial score (nSPS) is 28.1. The van der Waals surface area contributed by atoms with Gasteiger partial charge in [0.25, 0.3) is 0 Å². The summed E-state index contributed by atoms with van der Waals surface area (Å²) in [6.07, 6.45) is 8.94. The van der Waals surface area contributed by atoms with Crippen LogP contribution in [0.25, 0.3) is 0 Å². The Bertz CT molecular complexity index is 2030. The average Bonchev–Trinajstić information content (AvgIpc) is 0.770. The number of aliphatic hydroxyl groups excluding tert-OH is 10. The van der Waals surface area contributed by atoms with Crippen LogP contribution >= 0.6 is 7.82 Å². The molecule has 19 unspecified atom stereocenters. The number of hydrogen-bond donors (Lipinski definition) is 11. The van der Waals surface area contributed by atoms with E-state index < -0.39 is 156 Å². The fourth-order valence-electron chi connectivity index (χ4n) is 12.9. The van der Waals surface area contributed by atoms with Gasteiger partial charge in [-0.15, -0.1) is 0 Å². The molecule has 0 aromatic carbocycles. The number of aliphatic hydroxyl groups is 10. The van der Waals surface area contributed by atoms with Crippen LogP contribution in [0.4, 0.5) is 0 Å². The largest absolute Gasteiger partial charge is 0.472 e. The van der Waals surface area contributed by atoms with Crippen LogP contribution in [0.2, 0.25) is 0 Å². The highest BCUT2D eigenvalue weighted by Gasteiger charge is 2.58. The molecule has 572 valence electrons. The molecule has 0 bridgehead atoms. The summed E-state index contributed by atoms with van der Waals surface area (Å²) in [4.78, 5) is 51.0. The van der Waals surface area contributed by atoms with Gasteiger partial charge in [-0.1, -0.05) is 265 Å². The first kappa shape index (κ1) is 89.2. The van der Waals surface area contributed by atoms with E-state index in [4.69, 9.17) is 42.2 Å². The molecule has 19 atom stereocenters. The minimum absolute atomic E-state index is 0.0309. The van der Waals surface area contributed by atoms with Crippen molar-refractivity contribution in [3.8, 4) is 0 Å². The maximum atomic E-state index is 14.3. The van der Waals surface area contributed by atoms with Crippen molar-refractivity contribution >= 4 is 25.7 Å². The van der Waals surface area contributed by atoms with E-state index in [0.717, 1.165) is 89.9 Å². The molecular formula is C72H135O24P. The monoisotopic (exact) mass is 1410 g/mol. The van der Waals surface area contributed by atoms with Crippen LogP contribution in [0.15, 0.2) is 0 Å². The van der Waals surface area contributed by atoms with Gasteiger partial charge in [0.2, 0.25) is 0 Å². The van der Waals surface area contributed by atoms with Crippen LogP contribution < -0.4 is 0 Å². The molecule has 25 heteroatoms. The molecule has 2 heterocycles. The van der Waals surface area contributed by atoms with E-state index in [-0.39, 0.29) is 19.3 Å². The second-order valence-corrected chi connectivity index (χ2v) is 29.4. The third kappa shape index (κ3) is 37.3. The number of unbranched alkanes of at least 4 members (excludes halogenated alkanes) is 34. The Morgan fingerprint density at radius 1 is 0.392 bits per heavy atom. The molecule has 97 heavy (non-hydrogen) atoms. The van der Waals surface area contributed by atoms with Crippen molar-refractivity contribution in [3.63, 3.8) is 0 Å². The maximum Gasteiger partial charge on any atom is 0.472 e. The van der Waals surface area contributed by atoms with E-state index in [1.165, 1.54) is 148 Å². The fourth-order valence-corrected chi connectivity index (χ4v) is 13.9. The number of esters is 3. The number of hydrogen-bond acceptors (Lipinski definition) is 23. The van der Waals surface area contributed by atoms with Crippen molar-refractivity contribution in [2.75, 3.05) is 26.4 Å². The van der Waals surface area contributed by atoms with Crippen LogP contribution in [0, 0.1) is 5.92 Å². The summed E-state index contributed by atoms with van der Waals surface area (Å²) in [7, 11) is -5.69. The van der Waals surface area contributed by atoms with Gasteiger partial charge in [0.05, 0.1) is 13.2 Å². The molecule has 1 saturated carbocycles. The van der Waals surface area contributed by atoms with Gasteiger partial charge < -0.3 is 89.1 Å². The molecule has 0 radical (unpaired) electrons. The van der Waals surface area contributed by atoms with Gasteiger partial charge in [-0.05, 0) is 25.2 Å². The van der Waals surface area contributed by atoms with Gasteiger partial charge in [0.1, 0.15) is 98.7 Å². The third-order valence-corrected chi connectivity index (χ3v) is 20.3. The van der Waals surface area contributed by atoms with Gasteiger partial charge in [0, 0.05) is 19.3 Å². The molecule has 24 nitrogen and oxygen atoms in total. The number of phosphoric acid groups is 1. The lowest BCUT2D eigenvalue weighted by Gasteiger charge is -2.49. The molecule has 0 spiro atoms. The SMILES string of the molecule is CCCCCCCCCCCCCCCCCC(=O)OCC(COP(=O)(O)OC1C(OC2OC(CO)C(O)C(O)C2O)C(O)C(O)C(O)C1OC1OC(COC(=O)CCCCCCCCC(C)CCCCCCCC)C(O)C(O)C1O)OC(=O)CCCCCCCCCCCCC. The summed E-state index contributed by atoms with van der Waals surface area (Å²) < 4.78 is 65.0. The smallest absolute Gasteiger partial charge is 0.463 e. The Labute approximate surface area is 580 Å². The molecule has 0 aromatic rings. The third-order valence-electron chi connectivity index (χ3n) is 19.3. The molecule has 11 N–H and O–H groups in total. The van der Waals surface area contributed by atoms with Crippen LogP contribution in [0.1, 0.15) is 304 Å². The van der Waals surface area contributed by atoms with E-state index in [9.17, 15) is 74.9 Å². The Kier molecular flexibility index (Phi) is 49.4. The van der Waals surface area contributed by atoms with Gasteiger partial charge in [-0.25, -0.2) is 4.57 Å². The van der Waals surface area contributed by atoms with Crippen LogP contribution in [-0.4, -0.2) is 204 Å². The van der Waals surface area contributed by atoms with Crippen LogP contribution in [-0.2, 0) is 61.2 Å². The van der Waals surface area contributed by atoms with Crippen molar-refractivity contribution in [2.45, 2.75) is 408 Å². The summed E-state index contributed by atoms with van der Waals surface area (Å²) in [6, 6.07) is 0. The van der Waals surface area contributed by atoms with Gasteiger partial charge in [-0.3, -0.25) is 23.4 Å². The molecule has 2 saturated heterocycles. The van der Waals surface area contributed by atoms with Crippen molar-refractivity contribution in [1.82, 2.24) is 0 Å². The Balaban J connectivity index is 1.72. The molecule has 3 fully saturated rings. The predicted octanol–water partition coefficient (Wildman–Crippen LogP) is 10.4. The molecule has 3 aliphatic rings. The Hall–Kier alpha value is -2.04. The lowest BCUT2D eigenvalue weighted by Crippen LogP contribution is -2.69. The van der Waals surface area contributed by atoms with Crippen LogP contribution in [0.3, 0.4) is 0 Å². The summed E-state index contributed by atoms with van der Waals surface area (Å²) in [5.41, 5.74) is 0.